The van der Waals surface area contributed by atoms with Gasteiger partial charge in [-0.2, -0.15) is 0 Å². The zero-order chi connectivity index (χ0) is 28.0. The maximum absolute atomic E-state index is 12.9. The number of esters is 1. The highest BCUT2D eigenvalue weighted by atomic mass is 16.7. The summed E-state index contributed by atoms with van der Waals surface area (Å²) in [6.45, 7) is 3.60. The van der Waals surface area contributed by atoms with Crippen molar-refractivity contribution in [2.45, 2.75) is 120 Å². The molecule has 5 N–H and O–H groups in total. The van der Waals surface area contributed by atoms with E-state index in [-0.39, 0.29) is 30.5 Å². The van der Waals surface area contributed by atoms with Crippen LogP contribution in [0.4, 0.5) is 0 Å². The number of cyclic esters (lactones) is 1. The minimum atomic E-state index is -1.37. The second-order valence-corrected chi connectivity index (χ2v) is 13.4. The molecule has 6 aliphatic rings. The molecule has 2 aliphatic heterocycles. The average molecular weight is 551 g/mol. The number of fused-ring (bicyclic) bond motifs is 5. The van der Waals surface area contributed by atoms with Gasteiger partial charge in [0.2, 0.25) is 0 Å². The van der Waals surface area contributed by atoms with Gasteiger partial charge in [-0.1, -0.05) is 6.92 Å². The zero-order valence-electron chi connectivity index (χ0n) is 22.7. The second kappa shape index (κ2) is 9.31. The lowest BCUT2D eigenvalue weighted by molar-refractivity contribution is -0.310. The van der Waals surface area contributed by atoms with E-state index in [0.717, 1.165) is 19.1 Å². The van der Waals surface area contributed by atoms with Crippen LogP contribution in [-0.4, -0.2) is 92.4 Å². The predicted molar refractivity (Wildman–Crippen MR) is 135 cm³/mol. The molecule has 5 fully saturated rings. The first-order valence-corrected chi connectivity index (χ1v) is 14.5. The van der Waals surface area contributed by atoms with Crippen molar-refractivity contribution in [3.63, 3.8) is 0 Å². The first kappa shape index (κ1) is 27.8. The summed E-state index contributed by atoms with van der Waals surface area (Å²) in [5, 5.41) is 54.9. The Morgan fingerprint density at radius 2 is 1.74 bits per heavy atom. The van der Waals surface area contributed by atoms with Gasteiger partial charge in [-0.25, -0.2) is 4.79 Å². The Labute approximate surface area is 228 Å². The lowest BCUT2D eigenvalue weighted by Gasteiger charge is -2.63. The van der Waals surface area contributed by atoms with Crippen LogP contribution in [0.15, 0.2) is 11.6 Å². The minimum Gasteiger partial charge on any atom is -0.458 e. The van der Waals surface area contributed by atoms with Gasteiger partial charge in [0, 0.05) is 22.5 Å². The summed E-state index contributed by atoms with van der Waals surface area (Å²) in [4.78, 5) is 24.7. The third kappa shape index (κ3) is 3.72. The van der Waals surface area contributed by atoms with E-state index >= 15 is 0 Å². The van der Waals surface area contributed by atoms with E-state index in [1.54, 1.807) is 6.92 Å². The molecule has 6 rings (SSSR count). The van der Waals surface area contributed by atoms with Gasteiger partial charge in [0.1, 0.15) is 31.2 Å². The number of hydrogen-bond donors (Lipinski definition) is 5. The van der Waals surface area contributed by atoms with Gasteiger partial charge in [0.15, 0.2) is 6.29 Å². The summed E-state index contributed by atoms with van der Waals surface area (Å²) in [6, 6.07) is 0. The SMILES string of the molecule is CC1OC(OC2CCC3(C=O)C(CCC4C3CCC3(C)C(O)(C5=CC(=O)OC5)CCC43O)C2)C(O)C(O)C1O. The van der Waals surface area contributed by atoms with Gasteiger partial charge < -0.3 is 44.5 Å². The summed E-state index contributed by atoms with van der Waals surface area (Å²) in [7, 11) is 0. The summed E-state index contributed by atoms with van der Waals surface area (Å²) < 4.78 is 16.9. The summed E-state index contributed by atoms with van der Waals surface area (Å²) in [5.74, 6) is -0.597. The summed E-state index contributed by atoms with van der Waals surface area (Å²) >= 11 is 0. The van der Waals surface area contributed by atoms with Crippen molar-refractivity contribution in [3.8, 4) is 0 Å². The third-order valence-corrected chi connectivity index (χ3v) is 12.1. The van der Waals surface area contributed by atoms with Crippen LogP contribution in [0.25, 0.3) is 0 Å². The van der Waals surface area contributed by atoms with Crippen LogP contribution in [0.2, 0.25) is 0 Å². The van der Waals surface area contributed by atoms with Crippen molar-refractivity contribution < 1.29 is 49.3 Å². The van der Waals surface area contributed by atoms with Crippen LogP contribution < -0.4 is 0 Å². The van der Waals surface area contributed by atoms with Gasteiger partial charge in [-0.15, -0.1) is 0 Å². The highest BCUT2D eigenvalue weighted by molar-refractivity contribution is 5.86. The molecule has 0 amide bonds. The molecule has 1 saturated heterocycles. The number of ether oxygens (including phenoxy) is 3. The second-order valence-electron chi connectivity index (χ2n) is 13.4. The monoisotopic (exact) mass is 550 g/mol. The Hall–Kier alpha value is -1.40. The molecule has 0 bridgehead atoms. The molecule has 0 spiro atoms. The standard InChI is InChI=1S/C29H42O10/c1-15-22(32)23(33)24(34)25(38-15)39-18-5-8-27(14-30)16(11-18)3-4-20-19(27)6-7-26(2)28(35,9-10-29(20,26)36)17-12-21(31)37-13-17/h12,14-16,18-20,22-25,32-36H,3-11,13H2,1-2H3. The van der Waals surface area contributed by atoms with E-state index in [0.29, 0.717) is 50.5 Å². The molecule has 0 aromatic heterocycles. The molecule has 4 aliphatic carbocycles. The van der Waals surface area contributed by atoms with E-state index in [4.69, 9.17) is 14.2 Å². The molecule has 13 atom stereocenters. The number of aldehydes is 1. The van der Waals surface area contributed by atoms with Crippen LogP contribution in [-0.2, 0) is 23.8 Å². The summed E-state index contributed by atoms with van der Waals surface area (Å²) in [6.07, 6.45) is 1.74. The van der Waals surface area contributed by atoms with E-state index in [9.17, 15) is 35.1 Å². The largest absolute Gasteiger partial charge is 0.458 e. The topological polar surface area (TPSA) is 163 Å². The Balaban J connectivity index is 1.21. The minimum absolute atomic E-state index is 0.0286. The highest BCUT2D eigenvalue weighted by Crippen LogP contribution is 2.70. The lowest BCUT2D eigenvalue weighted by atomic mass is 9.42. The molecule has 13 unspecified atom stereocenters. The van der Waals surface area contributed by atoms with Crippen molar-refractivity contribution >= 4 is 12.3 Å². The molecular formula is C29H42O10. The fourth-order valence-corrected chi connectivity index (χ4v) is 9.70. The number of rotatable bonds is 4. The molecule has 4 saturated carbocycles. The molecule has 218 valence electrons. The number of hydrogen-bond acceptors (Lipinski definition) is 10. The first-order chi connectivity index (χ1) is 18.4. The molecule has 39 heavy (non-hydrogen) atoms. The van der Waals surface area contributed by atoms with Crippen molar-refractivity contribution in [2.75, 3.05) is 6.61 Å². The number of aliphatic hydroxyl groups excluding tert-OH is 3. The maximum atomic E-state index is 12.9. The molecule has 10 heteroatoms. The Morgan fingerprint density at radius 3 is 2.44 bits per heavy atom. The van der Waals surface area contributed by atoms with Gasteiger partial charge >= 0.3 is 5.97 Å². The van der Waals surface area contributed by atoms with Crippen LogP contribution >= 0.6 is 0 Å². The first-order valence-electron chi connectivity index (χ1n) is 14.5. The smallest absolute Gasteiger partial charge is 0.331 e. The highest BCUT2D eigenvalue weighted by Gasteiger charge is 2.73. The van der Waals surface area contributed by atoms with Crippen LogP contribution in [0.5, 0.6) is 0 Å². The molecule has 10 nitrogen and oxygen atoms in total. The van der Waals surface area contributed by atoms with Crippen molar-refractivity contribution in [1.29, 1.82) is 0 Å². The van der Waals surface area contributed by atoms with Crippen LogP contribution in [0.1, 0.15) is 71.6 Å². The van der Waals surface area contributed by atoms with Crippen LogP contribution in [0.3, 0.4) is 0 Å². The van der Waals surface area contributed by atoms with E-state index in [2.05, 4.69) is 0 Å². The van der Waals surface area contributed by atoms with Crippen molar-refractivity contribution in [2.24, 2.45) is 28.6 Å². The Morgan fingerprint density at radius 1 is 0.974 bits per heavy atom. The van der Waals surface area contributed by atoms with Crippen LogP contribution in [0, 0.1) is 28.6 Å². The maximum Gasteiger partial charge on any atom is 0.331 e. The Bertz CT molecular complexity index is 1050. The normalized spacial score (nSPS) is 55.2. The molecule has 2 heterocycles. The van der Waals surface area contributed by atoms with E-state index in [1.807, 2.05) is 6.92 Å². The van der Waals surface area contributed by atoms with Gasteiger partial charge in [-0.05, 0) is 82.5 Å². The molecular weight excluding hydrogens is 508 g/mol. The van der Waals surface area contributed by atoms with Crippen molar-refractivity contribution in [3.05, 3.63) is 11.6 Å². The van der Waals surface area contributed by atoms with E-state index < -0.39 is 58.7 Å². The summed E-state index contributed by atoms with van der Waals surface area (Å²) in [5.41, 5.74) is -3.42. The van der Waals surface area contributed by atoms with E-state index in [1.165, 1.54) is 6.08 Å². The number of aliphatic hydroxyl groups is 5. The predicted octanol–water partition coefficient (Wildman–Crippen LogP) is 0.750. The fraction of sp³-hybridized carbons (Fsp3) is 0.862. The van der Waals surface area contributed by atoms with Crippen molar-refractivity contribution in [1.82, 2.24) is 0 Å². The molecule has 0 aromatic carbocycles. The van der Waals surface area contributed by atoms with Gasteiger partial charge in [-0.3, -0.25) is 0 Å². The van der Waals surface area contributed by atoms with Gasteiger partial charge in [0.25, 0.3) is 0 Å². The lowest BCUT2D eigenvalue weighted by Crippen LogP contribution is -2.66. The number of carbonyl (C=O) groups is 2. The molecule has 0 radical (unpaired) electrons. The fourth-order valence-electron chi connectivity index (χ4n) is 9.70. The number of carbonyl (C=O) groups excluding carboxylic acids is 2. The third-order valence-electron chi connectivity index (χ3n) is 12.1. The van der Waals surface area contributed by atoms with Gasteiger partial charge in [0.05, 0.1) is 23.4 Å². The zero-order valence-corrected chi connectivity index (χ0v) is 22.7. The Kier molecular flexibility index (Phi) is 6.62. The average Bonchev–Trinajstić information content (AvgIpc) is 3.45. The molecule has 0 aromatic rings. The quantitative estimate of drug-likeness (QED) is 0.192.